The summed E-state index contributed by atoms with van der Waals surface area (Å²) < 4.78 is 11.2. The van der Waals surface area contributed by atoms with E-state index in [4.69, 9.17) is 9.47 Å². The molecule has 4 rings (SSSR count). The van der Waals surface area contributed by atoms with Crippen LogP contribution in [-0.2, 0) is 11.2 Å². The summed E-state index contributed by atoms with van der Waals surface area (Å²) in [4.78, 5) is 0. The molecule has 1 aromatic rings. The van der Waals surface area contributed by atoms with E-state index < -0.39 is 0 Å². The highest BCUT2D eigenvalue weighted by atomic mass is 16.5. The number of benzene rings is 1. The Kier molecular flexibility index (Phi) is 5.34. The van der Waals surface area contributed by atoms with Crippen molar-refractivity contribution in [2.24, 2.45) is 17.8 Å². The first-order chi connectivity index (χ1) is 13.1. The maximum atomic E-state index is 5.79. The van der Waals surface area contributed by atoms with E-state index >= 15 is 0 Å². The van der Waals surface area contributed by atoms with E-state index in [1.54, 1.807) is 18.2 Å². The van der Waals surface area contributed by atoms with E-state index in [9.17, 15) is 0 Å². The van der Waals surface area contributed by atoms with Gasteiger partial charge in [0.2, 0.25) is 0 Å². The van der Waals surface area contributed by atoms with Crippen LogP contribution in [-0.4, -0.2) is 14.2 Å². The molecule has 0 spiro atoms. The van der Waals surface area contributed by atoms with Gasteiger partial charge in [0.05, 0.1) is 14.2 Å². The van der Waals surface area contributed by atoms with Crippen molar-refractivity contribution in [1.29, 1.82) is 0 Å². The lowest BCUT2D eigenvalue weighted by Gasteiger charge is -2.45. The standard InChI is InChI=1S/C25H34O2/c1-16(2)22-13-18-14-23(17-9-11-19(26-3)12-10-17)20-7-5-6-8-21(20)24(18)15-25(22)27-4/h9,11-13,15-17,20-21,23H,5-8,10,14H2,1-4H3/t17?,20-,21+,23-/m0/s1. The smallest absolute Gasteiger partial charge is 0.122 e. The number of hydrogen-bond acceptors (Lipinski definition) is 2. The van der Waals surface area contributed by atoms with Crippen molar-refractivity contribution in [3.05, 3.63) is 52.8 Å². The van der Waals surface area contributed by atoms with Gasteiger partial charge in [-0.1, -0.05) is 38.8 Å². The molecule has 0 N–H and O–H groups in total. The quantitative estimate of drug-likeness (QED) is 0.616. The lowest BCUT2D eigenvalue weighted by Crippen LogP contribution is -2.36. The summed E-state index contributed by atoms with van der Waals surface area (Å²) >= 11 is 0. The van der Waals surface area contributed by atoms with Crippen molar-refractivity contribution in [1.82, 2.24) is 0 Å². The monoisotopic (exact) mass is 366 g/mol. The van der Waals surface area contributed by atoms with Gasteiger partial charge in [-0.25, -0.2) is 0 Å². The van der Waals surface area contributed by atoms with Crippen LogP contribution in [0.15, 0.2) is 36.1 Å². The molecule has 0 bridgehead atoms. The van der Waals surface area contributed by atoms with Gasteiger partial charge in [-0.2, -0.15) is 0 Å². The average molecular weight is 367 g/mol. The third-order valence-electron chi connectivity index (χ3n) is 7.22. The predicted molar refractivity (Wildman–Crippen MR) is 111 cm³/mol. The largest absolute Gasteiger partial charge is 0.497 e. The van der Waals surface area contributed by atoms with Crippen molar-refractivity contribution in [2.75, 3.05) is 14.2 Å². The number of hydrogen-bond donors (Lipinski definition) is 0. The van der Waals surface area contributed by atoms with Gasteiger partial charge in [0, 0.05) is 0 Å². The lowest BCUT2D eigenvalue weighted by molar-refractivity contribution is 0.155. The van der Waals surface area contributed by atoms with Crippen LogP contribution in [0.3, 0.4) is 0 Å². The van der Waals surface area contributed by atoms with Gasteiger partial charge in [0.25, 0.3) is 0 Å². The molecule has 2 nitrogen and oxygen atoms in total. The molecule has 3 aliphatic rings. The molecular formula is C25H34O2. The third kappa shape index (κ3) is 3.44. The number of allylic oxidation sites excluding steroid dienone is 3. The highest BCUT2D eigenvalue weighted by Gasteiger charge is 2.41. The van der Waals surface area contributed by atoms with Crippen LogP contribution < -0.4 is 4.74 Å². The zero-order valence-corrected chi connectivity index (χ0v) is 17.3. The minimum Gasteiger partial charge on any atom is -0.497 e. The van der Waals surface area contributed by atoms with E-state index in [2.05, 4.69) is 44.2 Å². The molecule has 146 valence electrons. The average Bonchev–Trinajstić information content (AvgIpc) is 2.72. The predicted octanol–water partition coefficient (Wildman–Crippen LogP) is 6.37. The van der Waals surface area contributed by atoms with E-state index in [0.29, 0.717) is 17.8 Å². The van der Waals surface area contributed by atoms with Crippen molar-refractivity contribution in [2.45, 2.75) is 64.2 Å². The second-order valence-corrected chi connectivity index (χ2v) is 8.94. The fourth-order valence-corrected chi connectivity index (χ4v) is 5.83. The Morgan fingerprint density at radius 1 is 1.00 bits per heavy atom. The summed E-state index contributed by atoms with van der Waals surface area (Å²) in [5, 5.41) is 0. The van der Waals surface area contributed by atoms with Crippen LogP contribution in [0.1, 0.15) is 74.5 Å². The number of rotatable bonds is 4. The molecule has 0 aliphatic heterocycles. The summed E-state index contributed by atoms with van der Waals surface area (Å²) in [6.45, 7) is 4.55. The molecule has 0 heterocycles. The molecule has 0 aromatic heterocycles. The second kappa shape index (κ2) is 7.73. The van der Waals surface area contributed by atoms with Crippen LogP contribution >= 0.6 is 0 Å². The number of methoxy groups -OCH3 is 2. The third-order valence-corrected chi connectivity index (χ3v) is 7.22. The summed E-state index contributed by atoms with van der Waals surface area (Å²) in [5.74, 6) is 5.53. The van der Waals surface area contributed by atoms with Crippen molar-refractivity contribution < 1.29 is 9.47 Å². The van der Waals surface area contributed by atoms with E-state index in [0.717, 1.165) is 29.8 Å². The Hall–Kier alpha value is -1.70. The van der Waals surface area contributed by atoms with Gasteiger partial charge < -0.3 is 9.47 Å². The summed E-state index contributed by atoms with van der Waals surface area (Å²) in [6, 6.07) is 4.86. The Balaban J connectivity index is 1.70. The maximum absolute atomic E-state index is 5.79. The number of ether oxygens (including phenoxy) is 2. The maximum Gasteiger partial charge on any atom is 0.122 e. The molecule has 1 fully saturated rings. The Morgan fingerprint density at radius 3 is 2.48 bits per heavy atom. The van der Waals surface area contributed by atoms with E-state index in [-0.39, 0.29) is 0 Å². The molecule has 0 saturated heterocycles. The highest BCUT2D eigenvalue weighted by molar-refractivity contribution is 5.48. The fourth-order valence-electron chi connectivity index (χ4n) is 5.83. The first-order valence-electron chi connectivity index (χ1n) is 10.8. The van der Waals surface area contributed by atoms with E-state index in [1.807, 2.05) is 7.11 Å². The molecule has 0 amide bonds. The van der Waals surface area contributed by atoms with Crippen molar-refractivity contribution in [3.8, 4) is 5.75 Å². The zero-order chi connectivity index (χ0) is 19.0. The van der Waals surface area contributed by atoms with Crippen molar-refractivity contribution >= 4 is 0 Å². The van der Waals surface area contributed by atoms with E-state index in [1.165, 1.54) is 37.7 Å². The van der Waals surface area contributed by atoms with Crippen molar-refractivity contribution in [3.63, 3.8) is 0 Å². The first kappa shape index (κ1) is 18.7. The fraction of sp³-hybridized carbons (Fsp3) is 0.600. The van der Waals surface area contributed by atoms with Gasteiger partial charge in [0.15, 0.2) is 0 Å². The molecule has 0 radical (unpaired) electrons. The lowest BCUT2D eigenvalue weighted by atomic mass is 9.59. The second-order valence-electron chi connectivity index (χ2n) is 8.94. The first-order valence-corrected chi connectivity index (χ1v) is 10.8. The van der Waals surface area contributed by atoms with Crippen LogP contribution in [0, 0.1) is 17.8 Å². The van der Waals surface area contributed by atoms with Crippen LogP contribution in [0.25, 0.3) is 0 Å². The molecular weight excluding hydrogens is 332 g/mol. The molecule has 27 heavy (non-hydrogen) atoms. The summed E-state index contributed by atoms with van der Waals surface area (Å²) in [5.41, 5.74) is 4.54. The molecule has 1 unspecified atom stereocenters. The van der Waals surface area contributed by atoms with Gasteiger partial charge >= 0.3 is 0 Å². The SMILES string of the molecule is COC1=CCC([C@@H]2Cc3cc(C(C)C)c(OC)cc3[C@@H]3CCCC[C@@H]32)C=C1. The Morgan fingerprint density at radius 2 is 1.81 bits per heavy atom. The summed E-state index contributed by atoms with van der Waals surface area (Å²) in [7, 11) is 3.59. The molecule has 1 saturated carbocycles. The minimum absolute atomic E-state index is 0.495. The molecule has 3 aliphatic carbocycles. The topological polar surface area (TPSA) is 18.5 Å². The molecule has 1 aromatic carbocycles. The minimum atomic E-state index is 0.495. The summed E-state index contributed by atoms with van der Waals surface area (Å²) in [6.07, 6.45) is 14.7. The Labute approximate surface area is 164 Å². The Bertz CT molecular complexity index is 743. The molecule has 4 atom stereocenters. The van der Waals surface area contributed by atoms with Crippen LogP contribution in [0.2, 0.25) is 0 Å². The van der Waals surface area contributed by atoms with Gasteiger partial charge in [-0.3, -0.25) is 0 Å². The van der Waals surface area contributed by atoms with Gasteiger partial charge in [-0.05, 0) is 90.2 Å². The van der Waals surface area contributed by atoms with Crippen LogP contribution in [0.4, 0.5) is 0 Å². The van der Waals surface area contributed by atoms with Crippen LogP contribution in [0.5, 0.6) is 5.75 Å². The zero-order valence-electron chi connectivity index (χ0n) is 17.3. The highest BCUT2D eigenvalue weighted by Crippen LogP contribution is 2.52. The normalized spacial score (nSPS) is 29.7. The number of fused-ring (bicyclic) bond motifs is 3. The van der Waals surface area contributed by atoms with Gasteiger partial charge in [0.1, 0.15) is 11.5 Å². The molecule has 2 heteroatoms. The van der Waals surface area contributed by atoms with Gasteiger partial charge in [-0.15, -0.1) is 0 Å².